The van der Waals surface area contributed by atoms with Crippen molar-refractivity contribution in [3.63, 3.8) is 0 Å². The minimum atomic E-state index is -0.293. The third-order valence-corrected chi connectivity index (χ3v) is 3.34. The van der Waals surface area contributed by atoms with Crippen LogP contribution in [0.15, 0.2) is 29.4 Å². The molecule has 1 heterocycles. The second-order valence-corrected chi connectivity index (χ2v) is 4.79. The molecule has 0 unspecified atom stereocenters. The van der Waals surface area contributed by atoms with Crippen LogP contribution in [0.25, 0.3) is 11.4 Å². The zero-order valence-corrected chi connectivity index (χ0v) is 11.4. The highest BCUT2D eigenvalue weighted by atomic mass is 32.2. The Morgan fingerprint density at radius 3 is 2.74 bits per heavy atom. The van der Waals surface area contributed by atoms with E-state index in [1.807, 2.05) is 6.92 Å². The van der Waals surface area contributed by atoms with E-state index >= 15 is 0 Å². The van der Waals surface area contributed by atoms with Crippen molar-refractivity contribution in [2.45, 2.75) is 12.1 Å². The number of nitrogens with zero attached hydrogens (tertiary/aromatic N) is 3. The molecule has 0 saturated heterocycles. The lowest BCUT2D eigenvalue weighted by Crippen LogP contribution is -2.12. The van der Waals surface area contributed by atoms with Crippen LogP contribution in [0.1, 0.15) is 6.92 Å². The summed E-state index contributed by atoms with van der Waals surface area (Å²) in [7, 11) is 0. The fraction of sp³-hybridized carbons (Fsp3) is 0.333. The van der Waals surface area contributed by atoms with E-state index in [9.17, 15) is 4.39 Å². The van der Waals surface area contributed by atoms with Crippen molar-refractivity contribution in [3.8, 4) is 11.4 Å². The standard InChI is InChI=1S/C12H15FN4OS/c1-2-18-7-8-19-12-16-15-11(17(12)14)9-3-5-10(13)6-4-9/h3-6H,2,7-8,14H2,1H3. The molecule has 0 aliphatic heterocycles. The van der Waals surface area contributed by atoms with Crippen LogP contribution in [-0.2, 0) is 4.74 Å². The molecule has 1 aromatic carbocycles. The molecule has 0 amide bonds. The molecule has 0 bridgehead atoms. The number of benzene rings is 1. The highest BCUT2D eigenvalue weighted by Crippen LogP contribution is 2.21. The SMILES string of the molecule is CCOCCSc1nnc(-c2ccc(F)cc2)n1N. The average Bonchev–Trinajstić information content (AvgIpc) is 2.77. The van der Waals surface area contributed by atoms with Gasteiger partial charge >= 0.3 is 0 Å². The van der Waals surface area contributed by atoms with Gasteiger partial charge in [-0.25, -0.2) is 9.07 Å². The monoisotopic (exact) mass is 282 g/mol. The lowest BCUT2D eigenvalue weighted by molar-refractivity contribution is 0.164. The molecular weight excluding hydrogens is 267 g/mol. The summed E-state index contributed by atoms with van der Waals surface area (Å²) in [5, 5.41) is 8.64. The molecule has 0 aliphatic carbocycles. The second kappa shape index (κ2) is 6.53. The molecule has 0 aliphatic rings. The summed E-state index contributed by atoms with van der Waals surface area (Å²) in [6.45, 7) is 3.28. The number of halogens is 1. The maximum Gasteiger partial charge on any atom is 0.210 e. The van der Waals surface area contributed by atoms with Gasteiger partial charge in [-0.2, -0.15) is 0 Å². The van der Waals surface area contributed by atoms with E-state index in [0.29, 0.717) is 24.2 Å². The van der Waals surface area contributed by atoms with Crippen LogP contribution >= 0.6 is 11.8 Å². The zero-order chi connectivity index (χ0) is 13.7. The summed E-state index contributed by atoms with van der Waals surface area (Å²) in [6.07, 6.45) is 0. The second-order valence-electron chi connectivity index (χ2n) is 3.73. The molecule has 0 radical (unpaired) electrons. The first kappa shape index (κ1) is 13.8. The van der Waals surface area contributed by atoms with Crippen LogP contribution in [-0.4, -0.2) is 33.8 Å². The van der Waals surface area contributed by atoms with E-state index in [4.69, 9.17) is 10.6 Å². The number of aromatic nitrogens is 3. The molecule has 7 heteroatoms. The molecule has 2 rings (SSSR count). The van der Waals surface area contributed by atoms with E-state index in [2.05, 4.69) is 10.2 Å². The fourth-order valence-electron chi connectivity index (χ4n) is 1.51. The van der Waals surface area contributed by atoms with E-state index in [0.717, 1.165) is 11.3 Å². The summed E-state index contributed by atoms with van der Waals surface area (Å²) in [5.74, 6) is 6.90. The summed E-state index contributed by atoms with van der Waals surface area (Å²) < 4.78 is 19.5. The third-order valence-electron chi connectivity index (χ3n) is 2.43. The summed E-state index contributed by atoms with van der Waals surface area (Å²) >= 11 is 1.47. The van der Waals surface area contributed by atoms with Crippen molar-refractivity contribution < 1.29 is 9.13 Å². The first-order chi connectivity index (χ1) is 9.22. The highest BCUT2D eigenvalue weighted by Gasteiger charge is 2.11. The zero-order valence-electron chi connectivity index (χ0n) is 10.5. The van der Waals surface area contributed by atoms with Gasteiger partial charge in [-0.15, -0.1) is 10.2 Å². The van der Waals surface area contributed by atoms with Gasteiger partial charge in [-0.05, 0) is 31.2 Å². The van der Waals surface area contributed by atoms with Crippen LogP contribution in [0.5, 0.6) is 0 Å². The predicted molar refractivity (Wildman–Crippen MR) is 72.8 cm³/mol. The van der Waals surface area contributed by atoms with Gasteiger partial charge in [0.15, 0.2) is 5.82 Å². The van der Waals surface area contributed by atoms with Gasteiger partial charge in [-0.1, -0.05) is 11.8 Å². The van der Waals surface area contributed by atoms with Crippen molar-refractivity contribution >= 4 is 11.8 Å². The van der Waals surface area contributed by atoms with Crippen LogP contribution in [0.2, 0.25) is 0 Å². The van der Waals surface area contributed by atoms with Gasteiger partial charge < -0.3 is 10.6 Å². The maximum atomic E-state index is 12.9. The smallest absolute Gasteiger partial charge is 0.210 e. The molecule has 1 aromatic heterocycles. The molecule has 0 atom stereocenters. The topological polar surface area (TPSA) is 66.0 Å². The Kier molecular flexibility index (Phi) is 4.75. The number of hydrogen-bond acceptors (Lipinski definition) is 5. The van der Waals surface area contributed by atoms with E-state index in [-0.39, 0.29) is 5.82 Å². The Hall–Kier alpha value is -1.60. The Balaban J connectivity index is 2.07. The first-order valence-corrected chi connectivity index (χ1v) is 6.88. The van der Waals surface area contributed by atoms with Gasteiger partial charge in [0.05, 0.1) is 6.61 Å². The van der Waals surface area contributed by atoms with Crippen molar-refractivity contribution in [2.24, 2.45) is 0 Å². The van der Waals surface area contributed by atoms with Crippen LogP contribution in [0.3, 0.4) is 0 Å². The molecule has 2 aromatic rings. The van der Waals surface area contributed by atoms with E-state index in [1.165, 1.54) is 28.6 Å². The molecule has 0 spiro atoms. The Morgan fingerprint density at radius 1 is 1.32 bits per heavy atom. The van der Waals surface area contributed by atoms with Crippen molar-refractivity contribution in [1.29, 1.82) is 0 Å². The molecular formula is C12H15FN4OS. The summed E-state index contributed by atoms with van der Waals surface area (Å²) in [5.41, 5.74) is 0.730. The number of nitrogen functional groups attached to an aromatic ring is 1. The van der Waals surface area contributed by atoms with Crippen molar-refractivity contribution in [1.82, 2.24) is 14.9 Å². The quantitative estimate of drug-likeness (QED) is 0.498. The van der Waals surface area contributed by atoms with Gasteiger partial charge in [0.25, 0.3) is 0 Å². The maximum absolute atomic E-state index is 12.9. The number of thioether (sulfide) groups is 1. The molecule has 0 fully saturated rings. The number of ether oxygens (including phenoxy) is 1. The number of rotatable bonds is 6. The lowest BCUT2D eigenvalue weighted by Gasteiger charge is -2.03. The Bertz CT molecular complexity index is 529. The number of nitrogens with two attached hydrogens (primary N) is 1. The fourth-order valence-corrected chi connectivity index (χ4v) is 2.22. The normalized spacial score (nSPS) is 10.8. The minimum absolute atomic E-state index is 0.293. The predicted octanol–water partition coefficient (Wildman–Crippen LogP) is 1.93. The largest absolute Gasteiger partial charge is 0.381 e. The molecule has 2 N–H and O–H groups in total. The van der Waals surface area contributed by atoms with Gasteiger partial charge in [0.1, 0.15) is 5.82 Å². The Morgan fingerprint density at radius 2 is 2.05 bits per heavy atom. The van der Waals surface area contributed by atoms with Crippen molar-refractivity contribution in [2.75, 3.05) is 24.8 Å². The van der Waals surface area contributed by atoms with Gasteiger partial charge in [0.2, 0.25) is 5.16 Å². The van der Waals surface area contributed by atoms with Gasteiger partial charge in [0, 0.05) is 17.9 Å². The Labute approximate surface area is 114 Å². The molecule has 102 valence electrons. The average molecular weight is 282 g/mol. The number of hydrogen-bond donors (Lipinski definition) is 1. The lowest BCUT2D eigenvalue weighted by atomic mass is 10.2. The third kappa shape index (κ3) is 3.45. The van der Waals surface area contributed by atoms with Crippen LogP contribution in [0, 0.1) is 5.82 Å². The van der Waals surface area contributed by atoms with E-state index < -0.39 is 0 Å². The van der Waals surface area contributed by atoms with Gasteiger partial charge in [-0.3, -0.25) is 0 Å². The highest BCUT2D eigenvalue weighted by molar-refractivity contribution is 7.99. The molecule has 5 nitrogen and oxygen atoms in total. The van der Waals surface area contributed by atoms with E-state index in [1.54, 1.807) is 12.1 Å². The molecule has 19 heavy (non-hydrogen) atoms. The minimum Gasteiger partial charge on any atom is -0.381 e. The van der Waals surface area contributed by atoms with Crippen LogP contribution in [0.4, 0.5) is 4.39 Å². The molecule has 0 saturated carbocycles. The summed E-state index contributed by atoms with van der Waals surface area (Å²) in [4.78, 5) is 0. The summed E-state index contributed by atoms with van der Waals surface area (Å²) in [6, 6.07) is 5.98. The van der Waals surface area contributed by atoms with Crippen molar-refractivity contribution in [3.05, 3.63) is 30.1 Å². The van der Waals surface area contributed by atoms with Crippen LogP contribution < -0.4 is 5.84 Å². The first-order valence-electron chi connectivity index (χ1n) is 5.89.